The SMILES string of the molecule is COCCCNC(=O)C[C@@H](CN)CC(C)C. The van der Waals surface area contributed by atoms with E-state index in [0.29, 0.717) is 38.0 Å². The van der Waals surface area contributed by atoms with E-state index in [1.165, 1.54) is 0 Å². The van der Waals surface area contributed by atoms with E-state index in [4.69, 9.17) is 10.5 Å². The van der Waals surface area contributed by atoms with Gasteiger partial charge in [-0.25, -0.2) is 0 Å². The lowest BCUT2D eigenvalue weighted by molar-refractivity contribution is -0.122. The molecular weight excluding hydrogens is 204 g/mol. The molecule has 1 atom stereocenters. The molecule has 0 aromatic carbocycles. The summed E-state index contributed by atoms with van der Waals surface area (Å²) in [5.41, 5.74) is 5.65. The maximum absolute atomic E-state index is 11.5. The van der Waals surface area contributed by atoms with Gasteiger partial charge in [-0.1, -0.05) is 13.8 Å². The summed E-state index contributed by atoms with van der Waals surface area (Å²) < 4.78 is 4.91. The Morgan fingerprint density at radius 2 is 2.12 bits per heavy atom. The lowest BCUT2D eigenvalue weighted by Gasteiger charge is -2.16. The first-order valence-electron chi connectivity index (χ1n) is 6.05. The van der Waals surface area contributed by atoms with Crippen LogP contribution in [0.1, 0.15) is 33.1 Å². The average molecular weight is 230 g/mol. The van der Waals surface area contributed by atoms with Crippen molar-refractivity contribution >= 4 is 5.91 Å². The number of nitrogens with one attached hydrogen (secondary N) is 1. The minimum absolute atomic E-state index is 0.104. The molecule has 0 heterocycles. The van der Waals surface area contributed by atoms with Crippen molar-refractivity contribution in [2.24, 2.45) is 17.6 Å². The lowest BCUT2D eigenvalue weighted by atomic mass is 9.94. The van der Waals surface area contributed by atoms with Gasteiger partial charge in [-0.2, -0.15) is 0 Å². The van der Waals surface area contributed by atoms with Crippen LogP contribution in [0.5, 0.6) is 0 Å². The molecule has 0 radical (unpaired) electrons. The van der Waals surface area contributed by atoms with E-state index in [1.54, 1.807) is 7.11 Å². The number of rotatable bonds is 9. The van der Waals surface area contributed by atoms with Crippen molar-refractivity contribution in [3.8, 4) is 0 Å². The van der Waals surface area contributed by atoms with Crippen LogP contribution in [0.15, 0.2) is 0 Å². The van der Waals surface area contributed by atoms with Gasteiger partial charge in [-0.15, -0.1) is 0 Å². The Morgan fingerprint density at radius 3 is 2.62 bits per heavy atom. The van der Waals surface area contributed by atoms with Crippen LogP contribution in [-0.4, -0.2) is 32.7 Å². The van der Waals surface area contributed by atoms with Crippen LogP contribution >= 0.6 is 0 Å². The fourth-order valence-electron chi connectivity index (χ4n) is 1.71. The summed E-state index contributed by atoms with van der Waals surface area (Å²) in [5.74, 6) is 1.00. The number of hydrogen-bond acceptors (Lipinski definition) is 3. The van der Waals surface area contributed by atoms with Crippen LogP contribution < -0.4 is 11.1 Å². The van der Waals surface area contributed by atoms with E-state index in [2.05, 4.69) is 19.2 Å². The van der Waals surface area contributed by atoms with E-state index in [-0.39, 0.29) is 5.91 Å². The van der Waals surface area contributed by atoms with Gasteiger partial charge in [0.2, 0.25) is 5.91 Å². The Balaban J connectivity index is 3.66. The summed E-state index contributed by atoms with van der Waals surface area (Å²) in [6.07, 6.45) is 2.42. The second-order valence-electron chi connectivity index (χ2n) is 4.63. The molecule has 16 heavy (non-hydrogen) atoms. The zero-order valence-electron chi connectivity index (χ0n) is 10.8. The summed E-state index contributed by atoms with van der Waals surface area (Å²) in [6.45, 7) is 6.26. The summed E-state index contributed by atoms with van der Waals surface area (Å²) in [5, 5.41) is 2.88. The second kappa shape index (κ2) is 9.60. The lowest BCUT2D eigenvalue weighted by Crippen LogP contribution is -2.29. The molecule has 0 aliphatic heterocycles. The van der Waals surface area contributed by atoms with Crippen molar-refractivity contribution in [3.63, 3.8) is 0 Å². The Labute approximate surface area is 98.9 Å². The molecule has 0 aromatic rings. The molecule has 1 amide bonds. The van der Waals surface area contributed by atoms with Crippen LogP contribution in [0.2, 0.25) is 0 Å². The third kappa shape index (κ3) is 8.68. The number of ether oxygens (including phenoxy) is 1. The zero-order chi connectivity index (χ0) is 12.4. The van der Waals surface area contributed by atoms with E-state index in [0.717, 1.165) is 12.8 Å². The van der Waals surface area contributed by atoms with Crippen LogP contribution in [0.25, 0.3) is 0 Å². The third-order valence-electron chi connectivity index (χ3n) is 2.46. The van der Waals surface area contributed by atoms with Crippen LogP contribution in [0.4, 0.5) is 0 Å². The van der Waals surface area contributed by atoms with Gasteiger partial charge in [0.15, 0.2) is 0 Å². The largest absolute Gasteiger partial charge is 0.385 e. The zero-order valence-corrected chi connectivity index (χ0v) is 10.8. The molecule has 4 nitrogen and oxygen atoms in total. The highest BCUT2D eigenvalue weighted by molar-refractivity contribution is 5.76. The number of hydrogen-bond donors (Lipinski definition) is 2. The molecule has 0 spiro atoms. The first kappa shape index (κ1) is 15.4. The second-order valence-corrected chi connectivity index (χ2v) is 4.63. The quantitative estimate of drug-likeness (QED) is 0.584. The molecule has 4 heteroatoms. The fraction of sp³-hybridized carbons (Fsp3) is 0.917. The van der Waals surface area contributed by atoms with Crippen molar-refractivity contribution < 1.29 is 9.53 Å². The van der Waals surface area contributed by atoms with Crippen molar-refractivity contribution in [2.75, 3.05) is 26.8 Å². The predicted molar refractivity (Wildman–Crippen MR) is 66.1 cm³/mol. The van der Waals surface area contributed by atoms with Gasteiger partial charge >= 0.3 is 0 Å². The monoisotopic (exact) mass is 230 g/mol. The minimum atomic E-state index is 0.104. The van der Waals surface area contributed by atoms with Gasteiger partial charge < -0.3 is 15.8 Å². The average Bonchev–Trinajstić information content (AvgIpc) is 2.23. The van der Waals surface area contributed by atoms with E-state index in [9.17, 15) is 4.79 Å². The summed E-state index contributed by atoms with van der Waals surface area (Å²) in [6, 6.07) is 0. The molecule has 0 saturated carbocycles. The van der Waals surface area contributed by atoms with Gasteiger partial charge in [-0.05, 0) is 31.2 Å². The number of amides is 1. The Bertz CT molecular complexity index is 184. The standard InChI is InChI=1S/C12H26N2O2/c1-10(2)7-11(9-13)8-12(15)14-5-4-6-16-3/h10-11H,4-9,13H2,1-3H3,(H,14,15)/t11-/m0/s1. The number of carbonyl (C=O) groups excluding carboxylic acids is 1. The molecule has 3 N–H and O–H groups in total. The van der Waals surface area contributed by atoms with Crippen molar-refractivity contribution in [1.29, 1.82) is 0 Å². The smallest absolute Gasteiger partial charge is 0.220 e. The van der Waals surface area contributed by atoms with E-state index in [1.807, 2.05) is 0 Å². The molecule has 0 rings (SSSR count). The van der Waals surface area contributed by atoms with E-state index < -0.39 is 0 Å². The Hall–Kier alpha value is -0.610. The fourth-order valence-corrected chi connectivity index (χ4v) is 1.71. The van der Waals surface area contributed by atoms with Gasteiger partial charge in [0.05, 0.1) is 0 Å². The Kier molecular flexibility index (Phi) is 9.24. The van der Waals surface area contributed by atoms with Crippen molar-refractivity contribution in [1.82, 2.24) is 5.32 Å². The molecule has 0 aromatic heterocycles. The van der Waals surface area contributed by atoms with Crippen molar-refractivity contribution in [3.05, 3.63) is 0 Å². The molecule has 0 aliphatic carbocycles. The normalized spacial score (nSPS) is 12.8. The molecule has 0 aliphatic rings. The molecule has 0 unspecified atom stereocenters. The summed E-state index contributed by atoms with van der Waals surface area (Å²) in [4.78, 5) is 11.5. The molecule has 96 valence electrons. The first-order chi connectivity index (χ1) is 7.60. The number of nitrogens with two attached hydrogens (primary N) is 1. The Morgan fingerprint density at radius 1 is 1.44 bits per heavy atom. The molecular formula is C12H26N2O2. The van der Waals surface area contributed by atoms with Gasteiger partial charge in [0, 0.05) is 26.7 Å². The predicted octanol–water partition coefficient (Wildman–Crippen LogP) is 1.15. The highest BCUT2D eigenvalue weighted by atomic mass is 16.5. The number of methoxy groups -OCH3 is 1. The topological polar surface area (TPSA) is 64.3 Å². The maximum Gasteiger partial charge on any atom is 0.220 e. The maximum atomic E-state index is 11.5. The first-order valence-corrected chi connectivity index (χ1v) is 6.05. The summed E-state index contributed by atoms with van der Waals surface area (Å²) in [7, 11) is 1.66. The molecule has 0 fully saturated rings. The van der Waals surface area contributed by atoms with Gasteiger partial charge in [-0.3, -0.25) is 4.79 Å². The van der Waals surface area contributed by atoms with Gasteiger partial charge in [0.25, 0.3) is 0 Å². The van der Waals surface area contributed by atoms with Gasteiger partial charge in [0.1, 0.15) is 0 Å². The van der Waals surface area contributed by atoms with Crippen LogP contribution in [0, 0.1) is 11.8 Å². The third-order valence-corrected chi connectivity index (χ3v) is 2.46. The highest BCUT2D eigenvalue weighted by Gasteiger charge is 2.13. The molecule has 0 saturated heterocycles. The number of carbonyl (C=O) groups is 1. The van der Waals surface area contributed by atoms with Crippen molar-refractivity contribution in [2.45, 2.75) is 33.1 Å². The summed E-state index contributed by atoms with van der Waals surface area (Å²) >= 11 is 0. The molecule has 0 bridgehead atoms. The van der Waals surface area contributed by atoms with Crippen LogP contribution in [-0.2, 0) is 9.53 Å². The highest BCUT2D eigenvalue weighted by Crippen LogP contribution is 2.13. The van der Waals surface area contributed by atoms with E-state index >= 15 is 0 Å². The minimum Gasteiger partial charge on any atom is -0.385 e. The van der Waals surface area contributed by atoms with Crippen LogP contribution in [0.3, 0.4) is 0 Å².